The van der Waals surface area contributed by atoms with E-state index in [4.69, 9.17) is 20.8 Å². The normalized spacial score (nSPS) is 18.2. The predicted molar refractivity (Wildman–Crippen MR) is 118 cm³/mol. The molecular weight excluding hydrogens is 420 g/mol. The lowest BCUT2D eigenvalue weighted by Crippen LogP contribution is -2.37. The van der Waals surface area contributed by atoms with E-state index < -0.39 is 17.7 Å². The van der Waals surface area contributed by atoms with Crippen LogP contribution >= 0.6 is 11.6 Å². The maximum atomic E-state index is 13.0. The van der Waals surface area contributed by atoms with Gasteiger partial charge >= 0.3 is 0 Å². The molecule has 0 aliphatic carbocycles. The number of ketones is 1. The van der Waals surface area contributed by atoms with Gasteiger partial charge in [0.2, 0.25) is 0 Å². The molecule has 1 aliphatic rings. The average molecular weight is 447 g/mol. The van der Waals surface area contributed by atoms with Crippen LogP contribution in [-0.4, -0.2) is 59.4 Å². The number of furan rings is 1. The fourth-order valence-electron chi connectivity index (χ4n) is 3.73. The summed E-state index contributed by atoms with van der Waals surface area (Å²) in [4.78, 5) is 29.5. The van der Waals surface area contributed by atoms with Crippen molar-refractivity contribution in [2.75, 3.05) is 32.8 Å². The number of aliphatic hydroxyl groups excluding tert-OH is 1. The van der Waals surface area contributed by atoms with Crippen LogP contribution in [0.1, 0.15) is 38.1 Å². The summed E-state index contributed by atoms with van der Waals surface area (Å²) in [5, 5.41) is 11.4. The van der Waals surface area contributed by atoms with Crippen molar-refractivity contribution in [3.63, 3.8) is 0 Å². The molecule has 2 heterocycles. The second-order valence-corrected chi connectivity index (χ2v) is 7.52. The minimum atomic E-state index is -0.836. The van der Waals surface area contributed by atoms with E-state index in [0.717, 1.165) is 13.1 Å². The third-order valence-electron chi connectivity index (χ3n) is 5.41. The van der Waals surface area contributed by atoms with Crippen LogP contribution in [0, 0.1) is 0 Å². The van der Waals surface area contributed by atoms with Gasteiger partial charge in [0, 0.05) is 18.7 Å². The maximum Gasteiger partial charge on any atom is 0.295 e. The molecule has 166 valence electrons. The molecule has 0 spiro atoms. The molecule has 1 aliphatic heterocycles. The summed E-state index contributed by atoms with van der Waals surface area (Å²) in [5.74, 6) is -0.892. The van der Waals surface area contributed by atoms with E-state index in [1.54, 1.807) is 30.3 Å². The maximum absolute atomic E-state index is 13.0. The Bertz CT molecular complexity index is 966. The first-order valence-corrected chi connectivity index (χ1v) is 10.8. The van der Waals surface area contributed by atoms with Gasteiger partial charge in [0.1, 0.15) is 23.3 Å². The van der Waals surface area contributed by atoms with Crippen molar-refractivity contribution in [1.29, 1.82) is 0 Å². The molecule has 1 unspecified atom stereocenters. The molecule has 1 atom stereocenters. The number of Topliss-reactive ketones (excluding diaryl/α,β-unsaturated/α-hetero) is 1. The Labute approximate surface area is 186 Å². The third-order valence-corrected chi connectivity index (χ3v) is 5.74. The van der Waals surface area contributed by atoms with Gasteiger partial charge in [-0.1, -0.05) is 25.4 Å². The van der Waals surface area contributed by atoms with E-state index >= 15 is 0 Å². The van der Waals surface area contributed by atoms with E-state index in [1.165, 1.54) is 11.2 Å². The average Bonchev–Trinajstić information content (AvgIpc) is 3.38. The topological polar surface area (TPSA) is 83.2 Å². The summed E-state index contributed by atoms with van der Waals surface area (Å²) in [7, 11) is 0. The van der Waals surface area contributed by atoms with Crippen LogP contribution in [0.3, 0.4) is 0 Å². The number of carbonyl (C=O) groups excluding carboxylic acids is 2. The van der Waals surface area contributed by atoms with Crippen molar-refractivity contribution in [3.05, 3.63) is 58.5 Å². The minimum absolute atomic E-state index is 0.0463. The molecule has 7 nitrogen and oxygen atoms in total. The summed E-state index contributed by atoms with van der Waals surface area (Å²) >= 11 is 6.31. The van der Waals surface area contributed by atoms with Crippen LogP contribution < -0.4 is 4.74 Å². The molecule has 2 aromatic rings. The summed E-state index contributed by atoms with van der Waals surface area (Å²) < 4.78 is 11.0. The molecule has 1 saturated heterocycles. The molecule has 1 N–H and O–H groups in total. The van der Waals surface area contributed by atoms with E-state index in [9.17, 15) is 14.7 Å². The van der Waals surface area contributed by atoms with Crippen LogP contribution in [0.2, 0.25) is 5.02 Å². The lowest BCUT2D eigenvalue weighted by molar-refractivity contribution is -0.140. The minimum Gasteiger partial charge on any atom is -0.507 e. The number of amides is 1. The molecule has 31 heavy (non-hydrogen) atoms. The van der Waals surface area contributed by atoms with Gasteiger partial charge in [0.05, 0.1) is 23.5 Å². The zero-order valence-corrected chi connectivity index (χ0v) is 18.7. The first-order valence-electron chi connectivity index (χ1n) is 10.4. The molecular formula is C23H27ClN2O5. The van der Waals surface area contributed by atoms with Crippen molar-refractivity contribution in [1.82, 2.24) is 9.80 Å². The number of hydrogen-bond donors (Lipinski definition) is 1. The van der Waals surface area contributed by atoms with Crippen LogP contribution in [0.5, 0.6) is 5.75 Å². The number of likely N-dealkylation sites (N-methyl/N-ethyl adjacent to an activating group) is 1. The molecule has 0 radical (unpaired) electrons. The van der Waals surface area contributed by atoms with E-state index in [1.807, 2.05) is 20.8 Å². The van der Waals surface area contributed by atoms with E-state index in [0.29, 0.717) is 31.2 Å². The van der Waals surface area contributed by atoms with E-state index in [-0.39, 0.29) is 21.9 Å². The number of likely N-dealkylation sites (tertiary alicyclic amines) is 1. The summed E-state index contributed by atoms with van der Waals surface area (Å²) in [6.07, 6.45) is 1.47. The molecule has 1 aromatic heterocycles. The lowest BCUT2D eigenvalue weighted by Gasteiger charge is -2.26. The zero-order valence-electron chi connectivity index (χ0n) is 17.9. The summed E-state index contributed by atoms with van der Waals surface area (Å²) in [6, 6.07) is 7.35. The van der Waals surface area contributed by atoms with Crippen LogP contribution in [0.15, 0.2) is 46.6 Å². The van der Waals surface area contributed by atoms with Gasteiger partial charge in [-0.15, -0.1) is 0 Å². The Balaban J connectivity index is 2.08. The number of ether oxygens (including phenoxy) is 1. The van der Waals surface area contributed by atoms with Gasteiger partial charge < -0.3 is 24.1 Å². The molecule has 1 fully saturated rings. The highest BCUT2D eigenvalue weighted by atomic mass is 35.5. The molecule has 0 saturated carbocycles. The Morgan fingerprint density at radius 2 is 1.97 bits per heavy atom. The number of benzene rings is 1. The van der Waals surface area contributed by atoms with Crippen molar-refractivity contribution in [2.24, 2.45) is 0 Å². The Morgan fingerprint density at radius 3 is 2.58 bits per heavy atom. The van der Waals surface area contributed by atoms with Crippen LogP contribution in [-0.2, 0) is 9.59 Å². The summed E-state index contributed by atoms with van der Waals surface area (Å²) in [6.45, 7) is 8.91. The first kappa shape index (κ1) is 22.9. The van der Waals surface area contributed by atoms with Gasteiger partial charge in [0.25, 0.3) is 11.7 Å². The van der Waals surface area contributed by atoms with Crippen molar-refractivity contribution in [2.45, 2.75) is 26.8 Å². The predicted octanol–water partition coefficient (Wildman–Crippen LogP) is 4.10. The smallest absolute Gasteiger partial charge is 0.295 e. The number of rotatable bonds is 9. The standard InChI is InChI=1S/C23H27ClN2O5/c1-4-25(5-2)11-12-26-20(18-8-7-13-31-18)19(22(28)23(26)29)21(27)16-14-15(30-6-3)9-10-17(16)24/h7-10,13-14,20,27H,4-6,11-12H2,1-3H3/b21-19-. The second kappa shape index (κ2) is 10.0. The number of aliphatic hydroxyl groups is 1. The lowest BCUT2D eigenvalue weighted by atomic mass is 9.99. The van der Waals surface area contributed by atoms with Gasteiger partial charge in [-0.3, -0.25) is 9.59 Å². The molecule has 1 aromatic carbocycles. The van der Waals surface area contributed by atoms with Gasteiger partial charge in [-0.25, -0.2) is 0 Å². The SMILES string of the molecule is CCOc1ccc(Cl)c(/C(O)=C2/C(=O)C(=O)N(CCN(CC)CC)C2c2ccco2)c1. The van der Waals surface area contributed by atoms with Crippen molar-refractivity contribution in [3.8, 4) is 5.75 Å². The Morgan fingerprint density at radius 1 is 1.23 bits per heavy atom. The molecule has 0 bridgehead atoms. The monoisotopic (exact) mass is 446 g/mol. The highest BCUT2D eigenvalue weighted by molar-refractivity contribution is 6.47. The number of carbonyl (C=O) groups is 2. The van der Waals surface area contributed by atoms with Gasteiger partial charge in [0.15, 0.2) is 0 Å². The molecule has 1 amide bonds. The van der Waals surface area contributed by atoms with E-state index in [2.05, 4.69) is 4.90 Å². The highest BCUT2D eigenvalue weighted by Crippen LogP contribution is 2.41. The fraction of sp³-hybridized carbons (Fsp3) is 0.391. The Hall–Kier alpha value is -2.77. The van der Waals surface area contributed by atoms with Crippen molar-refractivity contribution < 1.29 is 23.8 Å². The summed E-state index contributed by atoms with van der Waals surface area (Å²) in [5.41, 5.74) is 0.181. The number of nitrogens with zero attached hydrogens (tertiary/aromatic N) is 2. The molecule has 8 heteroatoms. The van der Waals surface area contributed by atoms with Gasteiger partial charge in [-0.05, 0) is 50.3 Å². The zero-order chi connectivity index (χ0) is 22.5. The van der Waals surface area contributed by atoms with Gasteiger partial charge in [-0.2, -0.15) is 0 Å². The van der Waals surface area contributed by atoms with Crippen molar-refractivity contribution >= 4 is 29.1 Å². The fourth-order valence-corrected chi connectivity index (χ4v) is 3.94. The number of hydrogen-bond acceptors (Lipinski definition) is 6. The largest absolute Gasteiger partial charge is 0.507 e. The second-order valence-electron chi connectivity index (χ2n) is 7.11. The third kappa shape index (κ3) is 4.62. The first-order chi connectivity index (χ1) is 14.9. The number of halogens is 1. The van der Waals surface area contributed by atoms with Crippen LogP contribution in [0.25, 0.3) is 5.76 Å². The van der Waals surface area contributed by atoms with Crippen LogP contribution in [0.4, 0.5) is 0 Å². The quantitative estimate of drug-likeness (QED) is 0.355. The highest BCUT2D eigenvalue weighted by Gasteiger charge is 2.47. The molecule has 3 rings (SSSR count). The Kier molecular flexibility index (Phi) is 7.41.